The molecule has 0 fully saturated rings. The maximum atomic E-state index is 13.2. The predicted molar refractivity (Wildman–Crippen MR) is 86.9 cm³/mol. The Morgan fingerprint density at radius 3 is 2.23 bits per heavy atom. The minimum absolute atomic E-state index is 0.252. The van der Waals surface area contributed by atoms with Crippen LogP contribution in [0.2, 0.25) is 0 Å². The number of halogens is 3. The molecule has 0 N–H and O–H groups in total. The lowest BCUT2D eigenvalue weighted by molar-refractivity contribution is -0.138. The van der Waals surface area contributed by atoms with Gasteiger partial charge in [0, 0.05) is 5.41 Å². The van der Waals surface area contributed by atoms with Gasteiger partial charge in [-0.05, 0) is 31.4 Å². The molecule has 0 aliphatic heterocycles. The highest BCUT2D eigenvalue weighted by atomic mass is 19.4. The number of alkyl halides is 3. The fraction of sp³-hybridized carbons (Fsp3) is 0.474. The van der Waals surface area contributed by atoms with E-state index < -0.39 is 17.2 Å². The Morgan fingerprint density at radius 2 is 1.68 bits per heavy atom. The third kappa shape index (κ3) is 5.04. The van der Waals surface area contributed by atoms with Crippen LogP contribution in [0.15, 0.2) is 49.1 Å². The molecule has 0 heterocycles. The van der Waals surface area contributed by atoms with Gasteiger partial charge >= 0.3 is 6.18 Å². The van der Waals surface area contributed by atoms with Crippen molar-refractivity contribution in [1.29, 1.82) is 0 Å². The second kappa shape index (κ2) is 8.21. The fourth-order valence-electron chi connectivity index (χ4n) is 2.48. The van der Waals surface area contributed by atoms with Gasteiger partial charge in [-0.15, -0.1) is 6.58 Å². The smallest absolute Gasteiger partial charge is 0.166 e. The summed E-state index contributed by atoms with van der Waals surface area (Å²) in [5, 5.41) is 0. The van der Waals surface area contributed by atoms with Crippen LogP contribution in [0.4, 0.5) is 13.2 Å². The van der Waals surface area contributed by atoms with Gasteiger partial charge in [0.05, 0.1) is 5.56 Å². The largest absolute Gasteiger partial charge is 0.416 e. The van der Waals surface area contributed by atoms with E-state index in [-0.39, 0.29) is 5.56 Å². The topological polar surface area (TPSA) is 0 Å². The van der Waals surface area contributed by atoms with E-state index in [4.69, 9.17) is 0 Å². The van der Waals surface area contributed by atoms with Crippen molar-refractivity contribution in [2.24, 2.45) is 0 Å². The van der Waals surface area contributed by atoms with Gasteiger partial charge < -0.3 is 0 Å². The van der Waals surface area contributed by atoms with E-state index in [1.807, 2.05) is 12.2 Å². The molecule has 0 saturated carbocycles. The lowest BCUT2D eigenvalue weighted by atomic mass is 9.79. The summed E-state index contributed by atoms with van der Waals surface area (Å²) in [6.45, 7) is 7.66. The van der Waals surface area contributed by atoms with Crippen LogP contribution in [0.25, 0.3) is 0 Å². The van der Waals surface area contributed by atoms with Gasteiger partial charge in [-0.1, -0.05) is 62.6 Å². The van der Waals surface area contributed by atoms with Gasteiger partial charge in [0.25, 0.3) is 0 Å². The van der Waals surface area contributed by atoms with Crippen LogP contribution in [-0.4, -0.2) is 0 Å². The summed E-state index contributed by atoms with van der Waals surface area (Å²) >= 11 is 0. The second-order valence-corrected chi connectivity index (χ2v) is 5.78. The molecule has 0 bridgehead atoms. The van der Waals surface area contributed by atoms with Crippen molar-refractivity contribution in [1.82, 2.24) is 0 Å². The first kappa shape index (κ1) is 18.5. The highest BCUT2D eigenvalue weighted by Gasteiger charge is 2.37. The van der Waals surface area contributed by atoms with Crippen LogP contribution < -0.4 is 0 Å². The normalized spacial score (nSPS) is 15.0. The first-order valence-electron chi connectivity index (χ1n) is 7.83. The molecular weight excluding hydrogens is 285 g/mol. The van der Waals surface area contributed by atoms with Crippen molar-refractivity contribution in [3.8, 4) is 0 Å². The van der Waals surface area contributed by atoms with Crippen LogP contribution in [0.5, 0.6) is 0 Å². The maximum absolute atomic E-state index is 13.2. The molecule has 0 amide bonds. The van der Waals surface area contributed by atoms with Gasteiger partial charge in [-0.25, -0.2) is 0 Å². The third-order valence-corrected chi connectivity index (χ3v) is 3.93. The average Bonchev–Trinajstić information content (AvgIpc) is 2.49. The quantitative estimate of drug-likeness (QED) is 0.371. The molecule has 1 aromatic carbocycles. The Balaban J connectivity index is 2.95. The van der Waals surface area contributed by atoms with E-state index >= 15 is 0 Å². The summed E-state index contributed by atoms with van der Waals surface area (Å²) in [6, 6.07) is 5.73. The van der Waals surface area contributed by atoms with Crippen molar-refractivity contribution in [2.45, 2.75) is 57.5 Å². The van der Waals surface area contributed by atoms with Gasteiger partial charge in [-0.2, -0.15) is 13.2 Å². The van der Waals surface area contributed by atoms with E-state index in [1.165, 1.54) is 25.0 Å². The SMILES string of the molecule is C=C[C@](C)(/C=C/CCCCCC)c1ccccc1C(F)(F)F. The highest BCUT2D eigenvalue weighted by molar-refractivity contribution is 5.42. The molecule has 0 spiro atoms. The lowest BCUT2D eigenvalue weighted by Gasteiger charge is -2.26. The third-order valence-electron chi connectivity index (χ3n) is 3.93. The summed E-state index contributed by atoms with van der Waals surface area (Å²) in [5.74, 6) is 0. The molecule has 1 rings (SSSR count). The summed E-state index contributed by atoms with van der Waals surface area (Å²) < 4.78 is 39.6. The van der Waals surface area contributed by atoms with Gasteiger partial charge in [0.1, 0.15) is 0 Å². The van der Waals surface area contributed by atoms with Crippen molar-refractivity contribution in [3.05, 3.63) is 60.2 Å². The predicted octanol–water partition coefficient (Wildman–Crippen LogP) is 6.68. The summed E-state index contributed by atoms with van der Waals surface area (Å²) in [5.41, 5.74) is -1.15. The molecule has 0 nitrogen and oxygen atoms in total. The lowest BCUT2D eigenvalue weighted by Crippen LogP contribution is -2.21. The number of hydrogen-bond donors (Lipinski definition) is 0. The Morgan fingerprint density at radius 1 is 1.05 bits per heavy atom. The van der Waals surface area contributed by atoms with Crippen LogP contribution >= 0.6 is 0 Å². The molecule has 0 radical (unpaired) electrons. The Bertz CT molecular complexity index is 500. The molecule has 122 valence electrons. The Labute approximate surface area is 131 Å². The number of unbranched alkanes of at least 4 members (excludes halogenated alkanes) is 4. The van der Waals surface area contributed by atoms with Crippen molar-refractivity contribution in [2.75, 3.05) is 0 Å². The van der Waals surface area contributed by atoms with Crippen LogP contribution in [0.3, 0.4) is 0 Å². The van der Waals surface area contributed by atoms with Gasteiger partial charge in [0.2, 0.25) is 0 Å². The van der Waals surface area contributed by atoms with Gasteiger partial charge in [0.15, 0.2) is 0 Å². The summed E-state index contributed by atoms with van der Waals surface area (Å²) in [6.07, 6.45) is 6.54. The number of rotatable bonds is 8. The molecule has 1 aromatic rings. The zero-order chi connectivity index (χ0) is 16.6. The maximum Gasteiger partial charge on any atom is 0.416 e. The molecule has 0 saturated heterocycles. The van der Waals surface area contributed by atoms with Gasteiger partial charge in [-0.3, -0.25) is 0 Å². The zero-order valence-corrected chi connectivity index (χ0v) is 13.4. The van der Waals surface area contributed by atoms with Crippen molar-refractivity contribution >= 4 is 0 Å². The number of benzene rings is 1. The second-order valence-electron chi connectivity index (χ2n) is 5.78. The van der Waals surface area contributed by atoms with E-state index in [1.54, 1.807) is 19.1 Å². The van der Waals surface area contributed by atoms with Crippen molar-refractivity contribution in [3.63, 3.8) is 0 Å². The molecule has 3 heteroatoms. The van der Waals surface area contributed by atoms with Crippen molar-refractivity contribution < 1.29 is 13.2 Å². The Hall–Kier alpha value is -1.51. The minimum Gasteiger partial charge on any atom is -0.166 e. The first-order chi connectivity index (χ1) is 10.3. The van der Waals surface area contributed by atoms with E-state index in [0.717, 1.165) is 25.3 Å². The molecule has 1 atom stereocenters. The molecule has 22 heavy (non-hydrogen) atoms. The van der Waals surface area contributed by atoms with Crippen LogP contribution in [0, 0.1) is 0 Å². The van der Waals surface area contributed by atoms with E-state index in [9.17, 15) is 13.2 Å². The molecule has 0 aliphatic carbocycles. The summed E-state index contributed by atoms with van der Waals surface area (Å²) in [7, 11) is 0. The van der Waals surface area contributed by atoms with E-state index in [0.29, 0.717) is 0 Å². The number of hydrogen-bond acceptors (Lipinski definition) is 0. The highest BCUT2D eigenvalue weighted by Crippen LogP contribution is 2.38. The molecular formula is C19H25F3. The average molecular weight is 310 g/mol. The van der Waals surface area contributed by atoms with Crippen LogP contribution in [0.1, 0.15) is 57.1 Å². The fourth-order valence-corrected chi connectivity index (χ4v) is 2.48. The summed E-state index contributed by atoms with van der Waals surface area (Å²) in [4.78, 5) is 0. The standard InChI is InChI=1S/C19H25F3/c1-4-6-7-8-9-12-15-18(3,5-2)16-13-10-11-14-17(16)19(20,21)22/h5,10-15H,2,4,6-9H2,1,3H3/b15-12+/t18-/m1/s1. The minimum atomic E-state index is -4.35. The first-order valence-corrected chi connectivity index (χ1v) is 7.83. The van der Waals surface area contributed by atoms with E-state index in [2.05, 4.69) is 13.5 Å². The monoisotopic (exact) mass is 310 g/mol. The number of allylic oxidation sites excluding steroid dienone is 3. The molecule has 0 unspecified atom stereocenters. The Kier molecular flexibility index (Phi) is 6.92. The zero-order valence-electron chi connectivity index (χ0n) is 13.4. The van der Waals surface area contributed by atoms with Crippen LogP contribution in [-0.2, 0) is 11.6 Å². The molecule has 0 aliphatic rings. The molecule has 0 aromatic heterocycles.